The zero-order valence-electron chi connectivity index (χ0n) is 10.5. The molecule has 0 fully saturated rings. The van der Waals surface area contributed by atoms with Crippen LogP contribution in [0.15, 0.2) is 36.9 Å². The molecule has 0 bridgehead atoms. The van der Waals surface area contributed by atoms with Gasteiger partial charge in [-0.1, -0.05) is 12.1 Å². The van der Waals surface area contributed by atoms with E-state index >= 15 is 0 Å². The van der Waals surface area contributed by atoms with Crippen LogP contribution >= 0.6 is 0 Å². The average molecular weight is 218 g/mol. The zero-order chi connectivity index (χ0) is 12.0. The van der Waals surface area contributed by atoms with Gasteiger partial charge in [0.1, 0.15) is 0 Å². The Kier molecular flexibility index (Phi) is 4.90. The summed E-state index contributed by atoms with van der Waals surface area (Å²) >= 11 is 0. The molecule has 0 saturated carbocycles. The third kappa shape index (κ3) is 3.97. The first-order valence-electron chi connectivity index (χ1n) is 5.78. The number of anilines is 2. The lowest BCUT2D eigenvalue weighted by Crippen LogP contribution is -2.15. The van der Waals surface area contributed by atoms with Crippen LogP contribution in [0.25, 0.3) is 0 Å². The highest BCUT2D eigenvalue weighted by atomic mass is 15.1. The lowest BCUT2D eigenvalue weighted by Gasteiger charge is -2.17. The molecule has 0 spiro atoms. The molecule has 1 N–H and O–H groups in total. The molecule has 16 heavy (non-hydrogen) atoms. The van der Waals surface area contributed by atoms with Gasteiger partial charge >= 0.3 is 0 Å². The SMILES string of the molecule is C=CCCC(C)Nc1cccc(N(C)C)c1. The third-order valence-electron chi connectivity index (χ3n) is 2.58. The van der Waals surface area contributed by atoms with E-state index in [0.29, 0.717) is 6.04 Å². The molecule has 1 aromatic rings. The fraction of sp³-hybridized carbons (Fsp3) is 0.429. The van der Waals surface area contributed by atoms with Gasteiger partial charge in [-0.3, -0.25) is 0 Å². The van der Waals surface area contributed by atoms with Crippen molar-refractivity contribution in [1.82, 2.24) is 0 Å². The molecule has 2 heteroatoms. The second kappa shape index (κ2) is 6.21. The fourth-order valence-corrected chi connectivity index (χ4v) is 1.60. The molecule has 0 radical (unpaired) electrons. The number of benzene rings is 1. The maximum absolute atomic E-state index is 3.74. The molecule has 0 aromatic heterocycles. The van der Waals surface area contributed by atoms with Crippen molar-refractivity contribution in [3.8, 4) is 0 Å². The maximum Gasteiger partial charge on any atom is 0.0381 e. The summed E-state index contributed by atoms with van der Waals surface area (Å²) in [7, 11) is 4.11. The van der Waals surface area contributed by atoms with E-state index in [4.69, 9.17) is 0 Å². The number of hydrogen-bond acceptors (Lipinski definition) is 2. The van der Waals surface area contributed by atoms with Gasteiger partial charge in [0, 0.05) is 31.5 Å². The molecule has 1 aromatic carbocycles. The van der Waals surface area contributed by atoms with Crippen LogP contribution in [0.4, 0.5) is 11.4 Å². The van der Waals surface area contributed by atoms with Gasteiger partial charge in [0.05, 0.1) is 0 Å². The minimum Gasteiger partial charge on any atom is -0.383 e. The Morgan fingerprint density at radius 1 is 1.44 bits per heavy atom. The van der Waals surface area contributed by atoms with Crippen molar-refractivity contribution >= 4 is 11.4 Å². The Labute approximate surface area is 99.0 Å². The first kappa shape index (κ1) is 12.6. The minimum absolute atomic E-state index is 0.482. The number of nitrogens with zero attached hydrogens (tertiary/aromatic N) is 1. The molecule has 0 aliphatic heterocycles. The standard InChI is InChI=1S/C14H22N2/c1-5-6-8-12(2)15-13-9-7-10-14(11-13)16(3)4/h5,7,9-12,15H,1,6,8H2,2-4H3. The minimum atomic E-state index is 0.482. The molecule has 0 amide bonds. The zero-order valence-corrected chi connectivity index (χ0v) is 10.5. The lowest BCUT2D eigenvalue weighted by molar-refractivity contribution is 0.719. The molecular weight excluding hydrogens is 196 g/mol. The first-order valence-corrected chi connectivity index (χ1v) is 5.78. The van der Waals surface area contributed by atoms with Crippen LogP contribution in [0.2, 0.25) is 0 Å². The van der Waals surface area contributed by atoms with E-state index < -0.39 is 0 Å². The van der Waals surface area contributed by atoms with Crippen LogP contribution in [0, 0.1) is 0 Å². The highest BCUT2D eigenvalue weighted by Gasteiger charge is 2.02. The van der Waals surface area contributed by atoms with Crippen LogP contribution in [0.1, 0.15) is 19.8 Å². The van der Waals surface area contributed by atoms with E-state index in [9.17, 15) is 0 Å². The maximum atomic E-state index is 3.74. The topological polar surface area (TPSA) is 15.3 Å². The van der Waals surface area contributed by atoms with Crippen LogP contribution < -0.4 is 10.2 Å². The van der Waals surface area contributed by atoms with Crippen molar-refractivity contribution < 1.29 is 0 Å². The van der Waals surface area contributed by atoms with Crippen molar-refractivity contribution in [2.75, 3.05) is 24.3 Å². The van der Waals surface area contributed by atoms with Crippen molar-refractivity contribution in [2.45, 2.75) is 25.8 Å². The number of hydrogen-bond donors (Lipinski definition) is 1. The summed E-state index contributed by atoms with van der Waals surface area (Å²) in [4.78, 5) is 2.11. The lowest BCUT2D eigenvalue weighted by atomic mass is 10.1. The fourth-order valence-electron chi connectivity index (χ4n) is 1.60. The molecule has 88 valence electrons. The van der Waals surface area contributed by atoms with E-state index in [1.54, 1.807) is 0 Å². The van der Waals surface area contributed by atoms with E-state index in [2.05, 4.69) is 62.1 Å². The predicted molar refractivity (Wildman–Crippen MR) is 73.3 cm³/mol. The van der Waals surface area contributed by atoms with Gasteiger partial charge in [-0.15, -0.1) is 6.58 Å². The number of nitrogens with one attached hydrogen (secondary N) is 1. The molecule has 1 unspecified atom stereocenters. The largest absolute Gasteiger partial charge is 0.383 e. The van der Waals surface area contributed by atoms with Crippen LogP contribution in [-0.2, 0) is 0 Å². The van der Waals surface area contributed by atoms with Crippen molar-refractivity contribution in [1.29, 1.82) is 0 Å². The summed E-state index contributed by atoms with van der Waals surface area (Å²) in [6, 6.07) is 8.95. The highest BCUT2D eigenvalue weighted by Crippen LogP contribution is 2.18. The Hall–Kier alpha value is -1.44. The second-order valence-electron chi connectivity index (χ2n) is 4.36. The first-order chi connectivity index (χ1) is 7.63. The van der Waals surface area contributed by atoms with Crippen molar-refractivity contribution in [3.05, 3.63) is 36.9 Å². The van der Waals surface area contributed by atoms with Gasteiger partial charge in [0.25, 0.3) is 0 Å². The van der Waals surface area contributed by atoms with E-state index in [1.165, 1.54) is 11.4 Å². The summed E-state index contributed by atoms with van der Waals surface area (Å²) in [5.74, 6) is 0. The Bertz CT molecular complexity index is 331. The van der Waals surface area contributed by atoms with Gasteiger partial charge < -0.3 is 10.2 Å². The Balaban J connectivity index is 2.59. The van der Waals surface area contributed by atoms with Crippen LogP contribution in [-0.4, -0.2) is 20.1 Å². The van der Waals surface area contributed by atoms with E-state index in [0.717, 1.165) is 12.8 Å². The molecule has 1 rings (SSSR count). The molecule has 2 nitrogen and oxygen atoms in total. The summed E-state index contributed by atoms with van der Waals surface area (Å²) in [6.45, 7) is 5.94. The molecule has 0 heterocycles. The van der Waals surface area contributed by atoms with Crippen molar-refractivity contribution in [2.24, 2.45) is 0 Å². The summed E-state index contributed by atoms with van der Waals surface area (Å²) in [5.41, 5.74) is 2.41. The van der Waals surface area contributed by atoms with Gasteiger partial charge in [-0.05, 0) is 38.0 Å². The predicted octanol–water partition coefficient (Wildman–Crippen LogP) is 3.52. The summed E-state index contributed by atoms with van der Waals surface area (Å²) in [6.07, 6.45) is 4.14. The van der Waals surface area contributed by atoms with Gasteiger partial charge in [0.2, 0.25) is 0 Å². The monoisotopic (exact) mass is 218 g/mol. The molecular formula is C14H22N2. The van der Waals surface area contributed by atoms with Crippen LogP contribution in [0.5, 0.6) is 0 Å². The van der Waals surface area contributed by atoms with E-state index in [-0.39, 0.29) is 0 Å². The number of allylic oxidation sites excluding steroid dienone is 1. The van der Waals surface area contributed by atoms with Crippen molar-refractivity contribution in [3.63, 3.8) is 0 Å². The average Bonchev–Trinajstić information content (AvgIpc) is 2.26. The molecule has 0 aliphatic carbocycles. The summed E-state index contributed by atoms with van der Waals surface area (Å²) < 4.78 is 0. The Morgan fingerprint density at radius 2 is 2.19 bits per heavy atom. The normalized spacial score (nSPS) is 11.9. The Morgan fingerprint density at radius 3 is 2.81 bits per heavy atom. The van der Waals surface area contributed by atoms with Gasteiger partial charge in [-0.25, -0.2) is 0 Å². The molecule has 0 saturated heterocycles. The van der Waals surface area contributed by atoms with E-state index in [1.807, 2.05) is 6.08 Å². The van der Waals surface area contributed by atoms with Gasteiger partial charge in [0.15, 0.2) is 0 Å². The van der Waals surface area contributed by atoms with Crippen LogP contribution in [0.3, 0.4) is 0 Å². The second-order valence-corrected chi connectivity index (χ2v) is 4.36. The smallest absolute Gasteiger partial charge is 0.0381 e. The quantitative estimate of drug-likeness (QED) is 0.735. The summed E-state index contributed by atoms with van der Waals surface area (Å²) in [5, 5.41) is 3.50. The van der Waals surface area contributed by atoms with Gasteiger partial charge in [-0.2, -0.15) is 0 Å². The third-order valence-corrected chi connectivity index (χ3v) is 2.58. The number of rotatable bonds is 6. The highest BCUT2D eigenvalue weighted by molar-refractivity contribution is 5.57. The molecule has 1 atom stereocenters. The molecule has 0 aliphatic rings.